The molecule has 0 spiro atoms. The van der Waals surface area contributed by atoms with Gasteiger partial charge in [-0.1, -0.05) is 0 Å². The van der Waals surface area contributed by atoms with E-state index in [1.54, 1.807) is 0 Å². The van der Waals surface area contributed by atoms with Gasteiger partial charge in [0.15, 0.2) is 6.29 Å². The smallest absolute Gasteiger partial charge is 0.311 e. The summed E-state index contributed by atoms with van der Waals surface area (Å²) in [6.07, 6.45) is -0.731. The van der Waals surface area contributed by atoms with E-state index in [2.05, 4.69) is 0 Å². The van der Waals surface area contributed by atoms with Crippen molar-refractivity contribution < 1.29 is 24.3 Å². The number of nitrogens with zero attached hydrogens (tertiary/aromatic N) is 1. The van der Waals surface area contributed by atoms with Gasteiger partial charge in [-0.3, -0.25) is 10.1 Å². The van der Waals surface area contributed by atoms with Gasteiger partial charge in [-0.25, -0.2) is 0 Å². The lowest BCUT2D eigenvalue weighted by Crippen LogP contribution is -2.22. The van der Waals surface area contributed by atoms with Gasteiger partial charge in [0.1, 0.15) is 0 Å². The number of methoxy groups -OCH3 is 1. The van der Waals surface area contributed by atoms with Crippen LogP contribution in [0.25, 0.3) is 0 Å². The summed E-state index contributed by atoms with van der Waals surface area (Å²) in [7, 11) is 1.36. The van der Waals surface area contributed by atoms with Crippen molar-refractivity contribution in [3.05, 3.63) is 33.9 Å². The second-order valence-electron chi connectivity index (χ2n) is 3.15. The zero-order chi connectivity index (χ0) is 13.0. The van der Waals surface area contributed by atoms with Crippen molar-refractivity contribution in [2.24, 2.45) is 0 Å². The van der Waals surface area contributed by atoms with Crippen LogP contribution in [-0.2, 0) is 4.74 Å². The summed E-state index contributed by atoms with van der Waals surface area (Å²) < 4.78 is 9.87. The Bertz CT molecular complexity index is 444. The summed E-state index contributed by atoms with van der Waals surface area (Å²) in [6, 6.07) is 3.16. The Morgan fingerprint density at radius 2 is 2.12 bits per heavy atom. The molecule has 0 saturated carbocycles. The fourth-order valence-corrected chi connectivity index (χ4v) is 1.11. The van der Waals surface area contributed by atoms with Gasteiger partial charge < -0.3 is 19.4 Å². The number of nitro groups is 1. The van der Waals surface area contributed by atoms with Gasteiger partial charge in [-0.05, 0) is 19.1 Å². The third-order valence-electron chi connectivity index (χ3n) is 2.02. The van der Waals surface area contributed by atoms with Crippen molar-refractivity contribution in [1.82, 2.24) is 0 Å². The fourth-order valence-electron chi connectivity index (χ4n) is 1.11. The summed E-state index contributed by atoms with van der Waals surface area (Å²) in [4.78, 5) is 20.6. The summed E-state index contributed by atoms with van der Waals surface area (Å²) in [5.41, 5.74) is -0.534. The number of benzene rings is 1. The highest BCUT2D eigenvalue weighted by molar-refractivity contribution is 5.87. The number of carbonyl (C=O) groups excluding carboxylic acids is 1. The Labute approximate surface area is 96.7 Å². The van der Waals surface area contributed by atoms with Gasteiger partial charge >= 0.3 is 5.69 Å². The third-order valence-corrected chi connectivity index (χ3v) is 2.02. The largest absolute Gasteiger partial charge is 0.545 e. The molecule has 1 unspecified atom stereocenters. The Balaban J connectivity index is 3.15. The van der Waals surface area contributed by atoms with Crippen LogP contribution in [0, 0.1) is 10.1 Å². The highest BCUT2D eigenvalue weighted by Gasteiger charge is 2.17. The van der Waals surface area contributed by atoms with Crippen LogP contribution in [-0.4, -0.2) is 24.3 Å². The number of ether oxygens (including phenoxy) is 2. The molecule has 17 heavy (non-hydrogen) atoms. The number of carboxylic acids is 1. The van der Waals surface area contributed by atoms with E-state index in [9.17, 15) is 20.0 Å². The zero-order valence-electron chi connectivity index (χ0n) is 9.21. The molecule has 0 aliphatic heterocycles. The van der Waals surface area contributed by atoms with E-state index >= 15 is 0 Å². The predicted molar refractivity (Wildman–Crippen MR) is 54.5 cm³/mol. The maximum Gasteiger partial charge on any atom is 0.311 e. The third kappa shape index (κ3) is 3.15. The molecule has 0 fully saturated rings. The van der Waals surface area contributed by atoms with Crippen molar-refractivity contribution in [2.45, 2.75) is 13.2 Å². The van der Waals surface area contributed by atoms with E-state index in [0.717, 1.165) is 18.2 Å². The van der Waals surface area contributed by atoms with Gasteiger partial charge in [0, 0.05) is 18.7 Å². The SMILES string of the molecule is COC(C)Oc1cc(C(=O)[O-])ccc1[N+](=O)[O-]. The minimum Gasteiger partial charge on any atom is -0.545 e. The predicted octanol–water partition coefficient (Wildman–Crippen LogP) is 0.329. The van der Waals surface area contributed by atoms with Crippen LogP contribution in [0.5, 0.6) is 5.75 Å². The molecule has 1 aromatic rings. The quantitative estimate of drug-likeness (QED) is 0.417. The molecule has 92 valence electrons. The van der Waals surface area contributed by atoms with Gasteiger partial charge in [0.2, 0.25) is 5.75 Å². The first kappa shape index (κ1) is 12.9. The molecule has 0 bridgehead atoms. The molecule has 1 rings (SSSR count). The number of rotatable bonds is 5. The van der Waals surface area contributed by atoms with E-state index in [0.29, 0.717) is 0 Å². The molecular formula is C10H10NO6-. The minimum atomic E-state index is -1.44. The Kier molecular flexibility index (Phi) is 4.00. The van der Waals surface area contributed by atoms with Crippen LogP contribution in [0.15, 0.2) is 18.2 Å². The zero-order valence-corrected chi connectivity index (χ0v) is 9.21. The molecule has 1 aromatic carbocycles. The van der Waals surface area contributed by atoms with E-state index in [-0.39, 0.29) is 17.0 Å². The second-order valence-corrected chi connectivity index (χ2v) is 3.15. The van der Waals surface area contributed by atoms with Crippen LogP contribution in [0.3, 0.4) is 0 Å². The first-order valence-electron chi connectivity index (χ1n) is 4.65. The molecule has 0 aromatic heterocycles. The Morgan fingerprint density at radius 3 is 2.59 bits per heavy atom. The summed E-state index contributed by atoms with van der Waals surface area (Å²) >= 11 is 0. The lowest BCUT2D eigenvalue weighted by Gasteiger charge is -2.13. The van der Waals surface area contributed by atoms with Crippen LogP contribution in [0.1, 0.15) is 17.3 Å². The van der Waals surface area contributed by atoms with Crippen molar-refractivity contribution in [3.63, 3.8) is 0 Å². The molecule has 0 saturated heterocycles. The molecule has 7 heteroatoms. The first-order valence-corrected chi connectivity index (χ1v) is 4.65. The van der Waals surface area contributed by atoms with Crippen LogP contribution >= 0.6 is 0 Å². The highest BCUT2D eigenvalue weighted by Crippen LogP contribution is 2.28. The number of aromatic carboxylic acids is 1. The summed E-state index contributed by atoms with van der Waals surface area (Å²) in [6.45, 7) is 1.52. The lowest BCUT2D eigenvalue weighted by atomic mass is 10.2. The molecule has 7 nitrogen and oxygen atoms in total. The van der Waals surface area contributed by atoms with E-state index < -0.39 is 17.2 Å². The van der Waals surface area contributed by atoms with Crippen molar-refractivity contribution >= 4 is 11.7 Å². The number of carboxylic acid groups (broad SMARTS) is 1. The minimum absolute atomic E-state index is 0.175. The number of hydrogen-bond acceptors (Lipinski definition) is 6. The Morgan fingerprint density at radius 1 is 1.47 bits per heavy atom. The number of nitro benzene ring substituents is 1. The van der Waals surface area contributed by atoms with Gasteiger partial charge in [-0.2, -0.15) is 0 Å². The maximum atomic E-state index is 10.7. The van der Waals surface area contributed by atoms with Crippen LogP contribution in [0.4, 0.5) is 5.69 Å². The Hall–Kier alpha value is -2.15. The van der Waals surface area contributed by atoms with E-state index in [4.69, 9.17) is 9.47 Å². The topological polar surface area (TPSA) is 102 Å². The van der Waals surface area contributed by atoms with Crippen molar-refractivity contribution in [1.29, 1.82) is 0 Å². The summed E-state index contributed by atoms with van der Waals surface area (Å²) in [5.74, 6) is -1.61. The highest BCUT2D eigenvalue weighted by atomic mass is 16.7. The molecule has 0 N–H and O–H groups in total. The molecule has 0 aliphatic carbocycles. The van der Waals surface area contributed by atoms with Crippen LogP contribution < -0.4 is 9.84 Å². The monoisotopic (exact) mass is 240 g/mol. The molecule has 0 aliphatic rings. The normalized spacial score (nSPS) is 11.9. The first-order chi connectivity index (χ1) is 7.95. The van der Waals surface area contributed by atoms with Crippen molar-refractivity contribution in [3.8, 4) is 5.75 Å². The van der Waals surface area contributed by atoms with E-state index in [1.165, 1.54) is 14.0 Å². The lowest BCUT2D eigenvalue weighted by molar-refractivity contribution is -0.386. The molecule has 0 amide bonds. The summed E-state index contributed by atoms with van der Waals surface area (Å²) in [5, 5.41) is 21.3. The molecular weight excluding hydrogens is 230 g/mol. The molecule has 0 heterocycles. The van der Waals surface area contributed by atoms with E-state index in [1.807, 2.05) is 0 Å². The second kappa shape index (κ2) is 5.26. The average Bonchev–Trinajstić information content (AvgIpc) is 2.28. The average molecular weight is 240 g/mol. The fraction of sp³-hybridized carbons (Fsp3) is 0.300. The van der Waals surface area contributed by atoms with Gasteiger partial charge in [-0.15, -0.1) is 0 Å². The van der Waals surface area contributed by atoms with Crippen molar-refractivity contribution in [2.75, 3.05) is 7.11 Å². The molecule has 0 radical (unpaired) electrons. The van der Waals surface area contributed by atoms with Gasteiger partial charge in [0.25, 0.3) is 0 Å². The van der Waals surface area contributed by atoms with Gasteiger partial charge in [0.05, 0.1) is 10.9 Å². The maximum absolute atomic E-state index is 10.7. The molecule has 1 atom stereocenters. The number of carbonyl (C=O) groups is 1. The number of hydrogen-bond donors (Lipinski definition) is 0. The van der Waals surface area contributed by atoms with Crippen LogP contribution in [0.2, 0.25) is 0 Å². The standard InChI is InChI=1S/C10H11NO6/c1-6(16-2)17-9-5-7(10(12)13)3-4-8(9)11(14)15/h3-6H,1-2H3,(H,12,13)/p-1.